The molecule has 1 heterocycles. The van der Waals surface area contributed by atoms with E-state index < -0.39 is 0 Å². The van der Waals surface area contributed by atoms with Gasteiger partial charge in [0.2, 0.25) is 5.91 Å². The van der Waals surface area contributed by atoms with E-state index in [4.69, 9.17) is 0 Å². The van der Waals surface area contributed by atoms with Crippen LogP contribution in [0.1, 0.15) is 47.0 Å². The van der Waals surface area contributed by atoms with E-state index in [9.17, 15) is 14.9 Å². The summed E-state index contributed by atoms with van der Waals surface area (Å²) in [6, 6.07) is 1.97. The van der Waals surface area contributed by atoms with Crippen molar-refractivity contribution in [2.75, 3.05) is 26.2 Å². The highest BCUT2D eigenvalue weighted by Gasteiger charge is 2.20. The second kappa shape index (κ2) is 8.56. The number of hydrogen-bond acceptors (Lipinski definition) is 4. The van der Waals surface area contributed by atoms with Crippen molar-refractivity contribution in [2.45, 2.75) is 52.5 Å². The molecule has 1 aliphatic rings. The SMILES string of the molecule is CCN(/C=C(/C#N)C(=O)NCCCN1CCCC1=O)C(C)(C)C. The maximum Gasteiger partial charge on any atom is 0.263 e. The van der Waals surface area contributed by atoms with Gasteiger partial charge in [-0.25, -0.2) is 0 Å². The maximum absolute atomic E-state index is 12.1. The summed E-state index contributed by atoms with van der Waals surface area (Å²) in [5.41, 5.74) is -0.0354. The van der Waals surface area contributed by atoms with Crippen LogP contribution in [0.4, 0.5) is 0 Å². The predicted octanol–water partition coefficient (Wildman–Crippen LogP) is 1.64. The molecular weight excluding hydrogens is 292 g/mol. The summed E-state index contributed by atoms with van der Waals surface area (Å²) >= 11 is 0. The number of nitrogens with zero attached hydrogens (tertiary/aromatic N) is 3. The number of likely N-dealkylation sites (tertiary alicyclic amines) is 1. The van der Waals surface area contributed by atoms with Crippen molar-refractivity contribution in [1.82, 2.24) is 15.1 Å². The molecule has 0 unspecified atom stereocenters. The van der Waals surface area contributed by atoms with Crippen molar-refractivity contribution in [1.29, 1.82) is 5.26 Å². The second-order valence-electron chi connectivity index (χ2n) is 6.71. The van der Waals surface area contributed by atoms with E-state index >= 15 is 0 Å². The summed E-state index contributed by atoms with van der Waals surface area (Å²) in [6.45, 7) is 10.7. The molecular formula is C17H28N4O2. The molecule has 6 nitrogen and oxygen atoms in total. The first kappa shape index (κ1) is 19.0. The highest BCUT2D eigenvalue weighted by molar-refractivity contribution is 5.97. The first-order chi connectivity index (χ1) is 10.8. The van der Waals surface area contributed by atoms with Gasteiger partial charge in [-0.2, -0.15) is 5.26 Å². The van der Waals surface area contributed by atoms with Gasteiger partial charge in [0.15, 0.2) is 0 Å². The smallest absolute Gasteiger partial charge is 0.263 e. The van der Waals surface area contributed by atoms with Crippen LogP contribution in [0, 0.1) is 11.3 Å². The van der Waals surface area contributed by atoms with Gasteiger partial charge < -0.3 is 15.1 Å². The van der Waals surface area contributed by atoms with Crippen molar-refractivity contribution in [2.24, 2.45) is 0 Å². The predicted molar refractivity (Wildman–Crippen MR) is 89.3 cm³/mol. The maximum atomic E-state index is 12.1. The molecule has 0 aromatic carbocycles. The van der Waals surface area contributed by atoms with Gasteiger partial charge in [-0.1, -0.05) is 0 Å². The van der Waals surface area contributed by atoms with E-state index in [2.05, 4.69) is 5.32 Å². The fourth-order valence-electron chi connectivity index (χ4n) is 2.56. The van der Waals surface area contributed by atoms with Crippen LogP contribution in [0.15, 0.2) is 11.8 Å². The molecule has 1 N–H and O–H groups in total. The molecule has 1 aliphatic heterocycles. The van der Waals surface area contributed by atoms with Crippen LogP contribution in [0.3, 0.4) is 0 Å². The Morgan fingerprint density at radius 2 is 2.17 bits per heavy atom. The van der Waals surface area contributed by atoms with E-state index in [1.165, 1.54) is 0 Å². The van der Waals surface area contributed by atoms with Gasteiger partial charge in [0, 0.05) is 44.3 Å². The van der Waals surface area contributed by atoms with Crippen LogP contribution in [-0.2, 0) is 9.59 Å². The molecule has 23 heavy (non-hydrogen) atoms. The number of carbonyl (C=O) groups is 2. The van der Waals surface area contributed by atoms with Gasteiger partial charge in [-0.05, 0) is 40.5 Å². The molecule has 0 aromatic heterocycles. The summed E-state index contributed by atoms with van der Waals surface area (Å²) in [5.74, 6) is -0.166. The van der Waals surface area contributed by atoms with Crippen molar-refractivity contribution < 1.29 is 9.59 Å². The van der Waals surface area contributed by atoms with Crippen molar-refractivity contribution in [3.8, 4) is 6.07 Å². The zero-order valence-electron chi connectivity index (χ0n) is 14.7. The van der Waals surface area contributed by atoms with Gasteiger partial charge in [0.05, 0.1) is 0 Å². The lowest BCUT2D eigenvalue weighted by atomic mass is 10.1. The van der Waals surface area contributed by atoms with Crippen LogP contribution in [0.5, 0.6) is 0 Å². The van der Waals surface area contributed by atoms with Gasteiger partial charge >= 0.3 is 0 Å². The van der Waals surface area contributed by atoms with Gasteiger partial charge in [0.25, 0.3) is 5.91 Å². The summed E-state index contributed by atoms with van der Waals surface area (Å²) < 4.78 is 0. The van der Waals surface area contributed by atoms with E-state index in [1.807, 2.05) is 43.6 Å². The Labute approximate surface area is 139 Å². The van der Waals surface area contributed by atoms with E-state index in [1.54, 1.807) is 6.20 Å². The zero-order valence-corrected chi connectivity index (χ0v) is 14.7. The molecule has 1 rings (SSSR count). The first-order valence-corrected chi connectivity index (χ1v) is 8.24. The minimum Gasteiger partial charge on any atom is -0.372 e. The standard InChI is InChI=1S/C17H28N4O2/c1-5-21(17(2,3)4)13-14(12-18)16(23)19-9-7-11-20-10-6-8-15(20)22/h13H,5-11H2,1-4H3,(H,19,23)/b14-13-. The Hall–Kier alpha value is -2.03. The fourth-order valence-corrected chi connectivity index (χ4v) is 2.56. The molecule has 0 saturated carbocycles. The minimum absolute atomic E-state index is 0.110. The molecule has 1 fully saturated rings. The Kier molecular flexibility index (Phi) is 7.08. The highest BCUT2D eigenvalue weighted by Crippen LogP contribution is 2.14. The first-order valence-electron chi connectivity index (χ1n) is 8.24. The quantitative estimate of drug-likeness (QED) is 0.439. The third-order valence-corrected chi connectivity index (χ3v) is 3.91. The van der Waals surface area contributed by atoms with Crippen molar-refractivity contribution in [3.63, 3.8) is 0 Å². The van der Waals surface area contributed by atoms with Crippen LogP contribution in [0.25, 0.3) is 0 Å². The molecule has 0 radical (unpaired) electrons. The monoisotopic (exact) mass is 320 g/mol. The van der Waals surface area contributed by atoms with E-state index in [0.29, 0.717) is 25.9 Å². The summed E-state index contributed by atoms with van der Waals surface area (Å²) in [7, 11) is 0. The fraction of sp³-hybridized carbons (Fsp3) is 0.706. The molecule has 0 bridgehead atoms. The lowest BCUT2D eigenvalue weighted by molar-refractivity contribution is -0.127. The molecule has 0 spiro atoms. The number of amides is 2. The zero-order chi connectivity index (χ0) is 17.5. The largest absolute Gasteiger partial charge is 0.372 e. The van der Waals surface area contributed by atoms with Gasteiger partial charge in [0.1, 0.15) is 11.6 Å². The molecule has 1 saturated heterocycles. The number of carbonyl (C=O) groups excluding carboxylic acids is 2. The molecule has 128 valence electrons. The van der Waals surface area contributed by atoms with Crippen LogP contribution in [0.2, 0.25) is 0 Å². The normalized spacial score (nSPS) is 15.5. The molecule has 0 aromatic rings. The average molecular weight is 320 g/mol. The molecule has 0 atom stereocenters. The summed E-state index contributed by atoms with van der Waals surface area (Å²) in [5, 5.41) is 12.0. The number of hydrogen-bond donors (Lipinski definition) is 1. The Morgan fingerprint density at radius 1 is 1.48 bits per heavy atom. The third kappa shape index (κ3) is 5.93. The lowest BCUT2D eigenvalue weighted by Crippen LogP contribution is -2.38. The highest BCUT2D eigenvalue weighted by atomic mass is 16.2. The van der Waals surface area contributed by atoms with Crippen LogP contribution in [-0.4, -0.2) is 53.3 Å². The van der Waals surface area contributed by atoms with Gasteiger partial charge in [-0.15, -0.1) is 0 Å². The van der Waals surface area contributed by atoms with Gasteiger partial charge in [-0.3, -0.25) is 9.59 Å². The minimum atomic E-state index is -0.358. The van der Waals surface area contributed by atoms with Crippen molar-refractivity contribution in [3.05, 3.63) is 11.8 Å². The average Bonchev–Trinajstić information content (AvgIpc) is 2.88. The van der Waals surface area contributed by atoms with E-state index in [-0.39, 0.29) is 22.9 Å². The lowest BCUT2D eigenvalue weighted by Gasteiger charge is -2.33. The molecule has 0 aliphatic carbocycles. The second-order valence-corrected chi connectivity index (χ2v) is 6.71. The third-order valence-electron chi connectivity index (χ3n) is 3.91. The van der Waals surface area contributed by atoms with Crippen molar-refractivity contribution >= 4 is 11.8 Å². The van der Waals surface area contributed by atoms with Crippen LogP contribution >= 0.6 is 0 Å². The summed E-state index contributed by atoms with van der Waals surface area (Å²) in [6.07, 6.45) is 3.88. The van der Waals surface area contributed by atoms with Crippen LogP contribution < -0.4 is 5.32 Å². The topological polar surface area (TPSA) is 76.4 Å². The Bertz CT molecular complexity index is 500. The Balaban J connectivity index is 2.47. The molecule has 6 heteroatoms. The number of nitrogens with one attached hydrogen (secondary N) is 1. The number of nitriles is 1. The van der Waals surface area contributed by atoms with E-state index in [0.717, 1.165) is 19.5 Å². The number of rotatable bonds is 7. The summed E-state index contributed by atoms with van der Waals surface area (Å²) in [4.78, 5) is 27.4. The Morgan fingerprint density at radius 3 is 2.65 bits per heavy atom. The molecule has 2 amide bonds.